The van der Waals surface area contributed by atoms with Gasteiger partial charge in [0.15, 0.2) is 0 Å². The van der Waals surface area contributed by atoms with E-state index in [1.54, 1.807) is 0 Å². The topological polar surface area (TPSA) is 12.5 Å². The lowest BCUT2D eigenvalue weighted by Gasteiger charge is -2.60. The highest BCUT2D eigenvalue weighted by molar-refractivity contribution is 7.09. The number of hydrogen-bond acceptors (Lipinski definition) is 3. The molecule has 1 aromatic rings. The summed E-state index contributed by atoms with van der Waals surface area (Å²) < 4.78 is 5.57. The molecule has 4 rings (SSSR count). The Hall–Kier alpha value is -0.380. The molecule has 3 heteroatoms. The Labute approximate surface area is 113 Å². The lowest BCUT2D eigenvalue weighted by atomic mass is 9.64. The van der Waals surface area contributed by atoms with Crippen molar-refractivity contribution < 1.29 is 4.74 Å². The van der Waals surface area contributed by atoms with Crippen molar-refractivity contribution >= 4 is 11.3 Å². The second-order valence-corrected chi connectivity index (χ2v) is 7.27. The van der Waals surface area contributed by atoms with E-state index in [1.807, 2.05) is 11.3 Å². The Morgan fingerprint density at radius 2 is 2.17 bits per heavy atom. The Kier molecular flexibility index (Phi) is 2.75. The maximum Gasteiger partial charge on any atom is 0.0472 e. The summed E-state index contributed by atoms with van der Waals surface area (Å²) in [6, 6.07) is 5.32. The van der Waals surface area contributed by atoms with Gasteiger partial charge in [-0.2, -0.15) is 0 Å². The third-order valence-electron chi connectivity index (χ3n) is 5.03. The lowest BCUT2D eigenvalue weighted by molar-refractivity contribution is -0.143. The van der Waals surface area contributed by atoms with Crippen LogP contribution in [0.15, 0.2) is 17.5 Å². The van der Waals surface area contributed by atoms with Gasteiger partial charge >= 0.3 is 0 Å². The lowest BCUT2D eigenvalue weighted by Crippen LogP contribution is -2.66. The number of hydrogen-bond donors (Lipinski definition) is 0. The summed E-state index contributed by atoms with van der Waals surface area (Å²) in [6.45, 7) is 4.49. The average molecular weight is 263 g/mol. The monoisotopic (exact) mass is 263 g/mol. The minimum absolute atomic E-state index is 0.622. The molecule has 1 saturated carbocycles. The zero-order valence-corrected chi connectivity index (χ0v) is 11.6. The molecule has 2 aliphatic heterocycles. The van der Waals surface area contributed by atoms with E-state index in [2.05, 4.69) is 22.4 Å². The standard InChI is InChI=1S/C15H21NOS/c1-2-13(18-9-1)10-16-11-15(5-7-17-8-6-15)14(16)12-3-4-12/h1-2,9,12,14H,3-8,10-11H2. The SMILES string of the molecule is c1csc(CN2CC3(CCOCC3)C2C2CC2)c1. The Morgan fingerprint density at radius 3 is 2.83 bits per heavy atom. The van der Waals surface area contributed by atoms with E-state index in [4.69, 9.17) is 4.74 Å². The number of ether oxygens (including phenoxy) is 1. The Morgan fingerprint density at radius 1 is 1.33 bits per heavy atom. The third-order valence-corrected chi connectivity index (χ3v) is 5.90. The molecule has 18 heavy (non-hydrogen) atoms. The molecule has 2 nitrogen and oxygen atoms in total. The summed E-state index contributed by atoms with van der Waals surface area (Å²) in [5, 5.41) is 2.20. The predicted octanol–water partition coefficient (Wildman–Crippen LogP) is 3.14. The smallest absolute Gasteiger partial charge is 0.0472 e. The van der Waals surface area contributed by atoms with Crippen LogP contribution in [-0.4, -0.2) is 30.7 Å². The molecule has 3 fully saturated rings. The van der Waals surface area contributed by atoms with Gasteiger partial charge in [-0.3, -0.25) is 4.90 Å². The summed E-state index contributed by atoms with van der Waals surface area (Å²) in [5.41, 5.74) is 0.622. The highest BCUT2D eigenvalue weighted by Gasteiger charge is 2.57. The van der Waals surface area contributed by atoms with E-state index in [-0.39, 0.29) is 0 Å². The van der Waals surface area contributed by atoms with Crippen LogP contribution in [0.5, 0.6) is 0 Å². The number of thiophene rings is 1. The molecule has 98 valence electrons. The molecule has 3 aliphatic rings. The molecule has 3 heterocycles. The van der Waals surface area contributed by atoms with Crippen molar-refractivity contribution in [2.45, 2.75) is 38.3 Å². The number of nitrogens with zero attached hydrogens (tertiary/aromatic N) is 1. The van der Waals surface area contributed by atoms with Crippen molar-refractivity contribution in [3.63, 3.8) is 0 Å². The van der Waals surface area contributed by atoms with Crippen molar-refractivity contribution in [1.82, 2.24) is 4.90 Å². The average Bonchev–Trinajstić information content (AvgIpc) is 3.04. The van der Waals surface area contributed by atoms with Gasteiger partial charge in [0.25, 0.3) is 0 Å². The molecule has 1 aromatic heterocycles. The van der Waals surface area contributed by atoms with Gasteiger partial charge in [0, 0.05) is 42.6 Å². The summed E-state index contributed by atoms with van der Waals surface area (Å²) in [7, 11) is 0. The second kappa shape index (κ2) is 4.32. The summed E-state index contributed by atoms with van der Waals surface area (Å²) in [5.74, 6) is 0.997. The third kappa shape index (κ3) is 1.84. The fourth-order valence-electron chi connectivity index (χ4n) is 4.07. The molecule has 0 N–H and O–H groups in total. The molecule has 1 atom stereocenters. The molecular weight excluding hydrogens is 242 g/mol. The van der Waals surface area contributed by atoms with E-state index in [1.165, 1.54) is 43.6 Å². The first-order chi connectivity index (χ1) is 8.87. The molecule has 0 aromatic carbocycles. The van der Waals surface area contributed by atoms with Crippen LogP contribution >= 0.6 is 11.3 Å². The Balaban J connectivity index is 1.49. The highest BCUT2D eigenvalue weighted by Crippen LogP contribution is 2.55. The largest absolute Gasteiger partial charge is 0.381 e. The molecule has 0 amide bonds. The maximum absolute atomic E-state index is 5.57. The first kappa shape index (κ1) is 11.4. The van der Waals surface area contributed by atoms with Crippen LogP contribution in [0.2, 0.25) is 0 Å². The summed E-state index contributed by atoms with van der Waals surface area (Å²) >= 11 is 1.90. The van der Waals surface area contributed by atoms with Crippen LogP contribution in [0.1, 0.15) is 30.6 Å². The minimum Gasteiger partial charge on any atom is -0.381 e. The van der Waals surface area contributed by atoms with Gasteiger partial charge in [0.2, 0.25) is 0 Å². The zero-order valence-electron chi connectivity index (χ0n) is 10.8. The van der Waals surface area contributed by atoms with Gasteiger partial charge in [-0.05, 0) is 43.0 Å². The van der Waals surface area contributed by atoms with Gasteiger partial charge in [0.05, 0.1) is 0 Å². The van der Waals surface area contributed by atoms with Crippen molar-refractivity contribution in [2.75, 3.05) is 19.8 Å². The van der Waals surface area contributed by atoms with Crippen molar-refractivity contribution in [3.8, 4) is 0 Å². The quantitative estimate of drug-likeness (QED) is 0.830. The van der Waals surface area contributed by atoms with E-state index < -0.39 is 0 Å². The van der Waals surface area contributed by atoms with Crippen LogP contribution < -0.4 is 0 Å². The predicted molar refractivity (Wildman–Crippen MR) is 73.7 cm³/mol. The molecule has 1 unspecified atom stereocenters. The van der Waals surface area contributed by atoms with Crippen molar-refractivity contribution in [1.29, 1.82) is 0 Å². The molecule has 1 spiro atoms. The maximum atomic E-state index is 5.57. The second-order valence-electron chi connectivity index (χ2n) is 6.24. The van der Waals surface area contributed by atoms with Crippen LogP contribution in [0.25, 0.3) is 0 Å². The highest BCUT2D eigenvalue weighted by atomic mass is 32.1. The van der Waals surface area contributed by atoms with Gasteiger partial charge < -0.3 is 4.74 Å². The number of likely N-dealkylation sites (tertiary alicyclic amines) is 1. The number of rotatable bonds is 3. The fourth-order valence-corrected chi connectivity index (χ4v) is 4.80. The van der Waals surface area contributed by atoms with E-state index >= 15 is 0 Å². The molecule has 0 radical (unpaired) electrons. The van der Waals surface area contributed by atoms with Crippen LogP contribution in [0.4, 0.5) is 0 Å². The van der Waals surface area contributed by atoms with Crippen molar-refractivity contribution in [2.24, 2.45) is 11.3 Å². The van der Waals surface area contributed by atoms with Crippen LogP contribution in [0, 0.1) is 11.3 Å². The van der Waals surface area contributed by atoms with E-state index in [0.717, 1.165) is 25.2 Å². The van der Waals surface area contributed by atoms with Gasteiger partial charge in [-0.25, -0.2) is 0 Å². The fraction of sp³-hybridized carbons (Fsp3) is 0.733. The molecule has 0 bridgehead atoms. The summed E-state index contributed by atoms with van der Waals surface area (Å²) in [4.78, 5) is 4.28. The normalized spacial score (nSPS) is 31.4. The summed E-state index contributed by atoms with van der Waals surface area (Å²) in [6.07, 6.45) is 5.53. The molecule has 1 aliphatic carbocycles. The van der Waals surface area contributed by atoms with Gasteiger partial charge in [-0.1, -0.05) is 6.07 Å². The van der Waals surface area contributed by atoms with E-state index in [9.17, 15) is 0 Å². The van der Waals surface area contributed by atoms with Crippen LogP contribution in [-0.2, 0) is 11.3 Å². The zero-order chi connectivity index (χ0) is 12.0. The molecule has 2 saturated heterocycles. The Bertz CT molecular complexity index is 406. The first-order valence-electron chi connectivity index (χ1n) is 7.22. The molecular formula is C15H21NOS. The van der Waals surface area contributed by atoms with Gasteiger partial charge in [0.1, 0.15) is 0 Å². The van der Waals surface area contributed by atoms with Gasteiger partial charge in [-0.15, -0.1) is 11.3 Å². The first-order valence-corrected chi connectivity index (χ1v) is 8.10. The van der Waals surface area contributed by atoms with Crippen molar-refractivity contribution in [3.05, 3.63) is 22.4 Å². The minimum atomic E-state index is 0.622. The van der Waals surface area contributed by atoms with Crippen LogP contribution in [0.3, 0.4) is 0 Å². The van der Waals surface area contributed by atoms with E-state index in [0.29, 0.717) is 5.41 Å².